The van der Waals surface area contributed by atoms with Crippen LogP contribution in [0.1, 0.15) is 46.5 Å². The maximum Gasteiger partial charge on any atom is 0.136 e. The van der Waals surface area contributed by atoms with Crippen molar-refractivity contribution in [2.75, 3.05) is 0 Å². The Hall–Kier alpha value is -0.370. The van der Waals surface area contributed by atoms with Gasteiger partial charge in [0.2, 0.25) is 0 Å². The van der Waals surface area contributed by atoms with Crippen LogP contribution in [0.2, 0.25) is 0 Å². The quantitative estimate of drug-likeness (QED) is 0.711. The van der Waals surface area contributed by atoms with Gasteiger partial charge in [-0.3, -0.25) is 4.79 Å². The molecule has 1 rings (SSSR count). The highest BCUT2D eigenvalue weighted by atomic mass is 16.3. The van der Waals surface area contributed by atoms with E-state index in [9.17, 15) is 9.90 Å². The molecule has 0 radical (unpaired) electrons. The summed E-state index contributed by atoms with van der Waals surface area (Å²) in [6.45, 7) is 5.68. The molecule has 0 aliphatic heterocycles. The Kier molecular flexibility index (Phi) is 3.12. The third kappa shape index (κ3) is 2.80. The summed E-state index contributed by atoms with van der Waals surface area (Å²) >= 11 is 0. The number of carbonyl (C=O) groups excluding carboxylic acids is 1. The van der Waals surface area contributed by atoms with Crippen LogP contribution >= 0.6 is 0 Å². The average molecular weight is 184 g/mol. The molecular weight excluding hydrogens is 164 g/mol. The van der Waals surface area contributed by atoms with Crippen molar-refractivity contribution in [1.82, 2.24) is 0 Å². The first-order chi connectivity index (χ1) is 5.96. The molecular formula is C11H20O2. The molecule has 0 unspecified atom stereocenters. The Balaban J connectivity index is 2.30. The lowest BCUT2D eigenvalue weighted by atomic mass is 9.99. The van der Waals surface area contributed by atoms with Crippen molar-refractivity contribution >= 4 is 5.78 Å². The number of ketones is 1. The zero-order valence-corrected chi connectivity index (χ0v) is 8.84. The fourth-order valence-electron chi connectivity index (χ4n) is 1.87. The second-order valence-electron chi connectivity index (χ2n) is 4.67. The van der Waals surface area contributed by atoms with E-state index in [2.05, 4.69) is 6.92 Å². The maximum atomic E-state index is 11.5. The van der Waals surface area contributed by atoms with Gasteiger partial charge < -0.3 is 5.11 Å². The summed E-state index contributed by atoms with van der Waals surface area (Å²) in [6, 6.07) is 0. The summed E-state index contributed by atoms with van der Waals surface area (Å²) in [5.41, 5.74) is -0.660. The molecule has 0 aromatic carbocycles. The van der Waals surface area contributed by atoms with Gasteiger partial charge >= 0.3 is 0 Å². The molecule has 1 N–H and O–H groups in total. The Labute approximate surface area is 80.3 Å². The molecule has 0 amide bonds. The van der Waals surface area contributed by atoms with Crippen molar-refractivity contribution in [3.05, 3.63) is 0 Å². The molecule has 76 valence electrons. The average Bonchev–Trinajstić information content (AvgIpc) is 2.77. The number of rotatable bonds is 5. The predicted molar refractivity (Wildman–Crippen MR) is 52.4 cm³/mol. The zero-order chi connectivity index (χ0) is 10.1. The number of aliphatic hydroxyl groups is 1. The van der Waals surface area contributed by atoms with Crippen LogP contribution in [-0.4, -0.2) is 16.5 Å². The molecule has 0 aromatic rings. The normalized spacial score (nSPS) is 27.4. The molecule has 0 aromatic heterocycles. The summed E-state index contributed by atoms with van der Waals surface area (Å²) in [5, 5.41) is 9.65. The predicted octanol–water partition coefficient (Wildman–Crippen LogP) is 2.15. The molecule has 1 aliphatic rings. The largest absolute Gasteiger partial charge is 0.390 e. The molecule has 1 fully saturated rings. The van der Waals surface area contributed by atoms with Gasteiger partial charge in [0, 0.05) is 12.3 Å². The van der Waals surface area contributed by atoms with Gasteiger partial charge in [-0.1, -0.05) is 13.3 Å². The van der Waals surface area contributed by atoms with Gasteiger partial charge in [-0.25, -0.2) is 0 Å². The maximum absolute atomic E-state index is 11.5. The Morgan fingerprint density at radius 2 is 2.15 bits per heavy atom. The Bertz CT molecular complexity index is 191. The molecule has 0 saturated heterocycles. The van der Waals surface area contributed by atoms with Crippen LogP contribution < -0.4 is 0 Å². The molecule has 1 aliphatic carbocycles. The third-order valence-electron chi connectivity index (χ3n) is 2.89. The van der Waals surface area contributed by atoms with Crippen molar-refractivity contribution in [2.45, 2.75) is 52.1 Å². The number of unbranched alkanes of at least 4 members (excludes halogenated alkanes) is 1. The minimum absolute atomic E-state index is 0.159. The minimum atomic E-state index is -0.660. The highest BCUT2D eigenvalue weighted by Crippen LogP contribution is 2.47. The second-order valence-corrected chi connectivity index (χ2v) is 4.67. The Morgan fingerprint density at radius 3 is 2.54 bits per heavy atom. The van der Waals surface area contributed by atoms with Crippen LogP contribution in [0.3, 0.4) is 0 Å². The molecule has 0 heterocycles. The lowest BCUT2D eigenvalue weighted by molar-refractivity contribution is -0.121. The summed E-state index contributed by atoms with van der Waals surface area (Å²) in [5.74, 6) is 0.734. The molecule has 2 nitrogen and oxygen atoms in total. The van der Waals surface area contributed by atoms with E-state index in [1.807, 2.05) is 0 Å². The van der Waals surface area contributed by atoms with E-state index in [0.717, 1.165) is 19.3 Å². The molecule has 2 heteroatoms. The summed E-state index contributed by atoms with van der Waals surface area (Å²) in [7, 11) is 0. The van der Waals surface area contributed by atoms with E-state index in [1.54, 1.807) is 13.8 Å². The standard InChI is InChI=1S/C11H20O2/c1-4-5-6-10(12)8-7-9(8)11(2,3)13/h8-9,13H,4-7H2,1-3H3/t8-,9-/m0/s1. The van der Waals surface area contributed by atoms with Gasteiger partial charge in [-0.05, 0) is 32.6 Å². The monoisotopic (exact) mass is 184 g/mol. The van der Waals surface area contributed by atoms with Gasteiger partial charge in [0.1, 0.15) is 5.78 Å². The SMILES string of the molecule is CCCCC(=O)[C@H]1C[C@@H]1C(C)(C)O. The number of hydrogen-bond acceptors (Lipinski definition) is 2. The minimum Gasteiger partial charge on any atom is -0.390 e. The lowest BCUT2D eigenvalue weighted by Crippen LogP contribution is -2.24. The molecule has 0 bridgehead atoms. The van der Waals surface area contributed by atoms with E-state index >= 15 is 0 Å². The second kappa shape index (κ2) is 3.79. The van der Waals surface area contributed by atoms with Crippen molar-refractivity contribution in [3.8, 4) is 0 Å². The molecule has 1 saturated carbocycles. The smallest absolute Gasteiger partial charge is 0.136 e. The summed E-state index contributed by atoms with van der Waals surface area (Å²) in [4.78, 5) is 11.5. The van der Waals surface area contributed by atoms with Crippen LogP contribution in [0.5, 0.6) is 0 Å². The van der Waals surface area contributed by atoms with Gasteiger partial charge in [0.05, 0.1) is 5.60 Å². The van der Waals surface area contributed by atoms with Crippen molar-refractivity contribution in [3.63, 3.8) is 0 Å². The number of hydrogen-bond donors (Lipinski definition) is 1. The number of carbonyl (C=O) groups is 1. The Morgan fingerprint density at radius 1 is 1.54 bits per heavy atom. The first-order valence-electron chi connectivity index (χ1n) is 5.22. The van der Waals surface area contributed by atoms with Crippen molar-refractivity contribution in [1.29, 1.82) is 0 Å². The first kappa shape index (κ1) is 10.7. The van der Waals surface area contributed by atoms with E-state index in [-0.39, 0.29) is 11.8 Å². The van der Waals surface area contributed by atoms with Crippen LogP contribution in [0.4, 0.5) is 0 Å². The first-order valence-corrected chi connectivity index (χ1v) is 5.22. The zero-order valence-electron chi connectivity index (χ0n) is 8.84. The highest BCUT2D eigenvalue weighted by Gasteiger charge is 2.50. The fraction of sp³-hybridized carbons (Fsp3) is 0.909. The van der Waals surface area contributed by atoms with Crippen molar-refractivity contribution in [2.24, 2.45) is 11.8 Å². The molecule has 0 spiro atoms. The van der Waals surface area contributed by atoms with E-state index in [0.29, 0.717) is 12.2 Å². The van der Waals surface area contributed by atoms with Gasteiger partial charge in [0.25, 0.3) is 0 Å². The highest BCUT2D eigenvalue weighted by molar-refractivity contribution is 5.83. The van der Waals surface area contributed by atoms with Crippen LogP contribution in [0.15, 0.2) is 0 Å². The number of Topliss-reactive ketones (excluding diaryl/α,β-unsaturated/α-hetero) is 1. The molecule has 2 atom stereocenters. The van der Waals surface area contributed by atoms with Gasteiger partial charge in [0.15, 0.2) is 0 Å². The van der Waals surface area contributed by atoms with Gasteiger partial charge in [-0.15, -0.1) is 0 Å². The fourth-order valence-corrected chi connectivity index (χ4v) is 1.87. The molecule has 13 heavy (non-hydrogen) atoms. The van der Waals surface area contributed by atoms with Gasteiger partial charge in [-0.2, -0.15) is 0 Å². The summed E-state index contributed by atoms with van der Waals surface area (Å²) in [6.07, 6.45) is 3.67. The van der Waals surface area contributed by atoms with E-state index in [1.165, 1.54) is 0 Å². The lowest BCUT2D eigenvalue weighted by Gasteiger charge is -2.16. The van der Waals surface area contributed by atoms with E-state index < -0.39 is 5.60 Å². The van der Waals surface area contributed by atoms with Crippen LogP contribution in [0.25, 0.3) is 0 Å². The van der Waals surface area contributed by atoms with E-state index in [4.69, 9.17) is 0 Å². The summed E-state index contributed by atoms with van der Waals surface area (Å²) < 4.78 is 0. The topological polar surface area (TPSA) is 37.3 Å². The van der Waals surface area contributed by atoms with Crippen LogP contribution in [-0.2, 0) is 4.79 Å². The third-order valence-corrected chi connectivity index (χ3v) is 2.89. The van der Waals surface area contributed by atoms with Crippen molar-refractivity contribution < 1.29 is 9.90 Å². The van der Waals surface area contributed by atoms with Crippen LogP contribution in [0, 0.1) is 11.8 Å².